The van der Waals surface area contributed by atoms with E-state index in [1.165, 1.54) is 12.5 Å². The molecule has 37 heavy (non-hydrogen) atoms. The molecule has 2 aromatic rings. The minimum absolute atomic E-state index is 0.00527. The van der Waals surface area contributed by atoms with Crippen LogP contribution in [0.5, 0.6) is 0 Å². The minimum Gasteiger partial charge on any atom is -0.368 e. The Bertz CT molecular complexity index is 1030. The molecule has 6 nitrogen and oxygen atoms in total. The Kier molecular flexibility index (Phi) is 12.2. The summed E-state index contributed by atoms with van der Waals surface area (Å²) in [6.07, 6.45) is 5.86. The predicted molar refractivity (Wildman–Crippen MR) is 140 cm³/mol. The number of carbonyl (C=O) groups is 3. The van der Waals surface area contributed by atoms with Gasteiger partial charge >= 0.3 is 0 Å². The molecule has 2 aromatic carbocycles. The van der Waals surface area contributed by atoms with Gasteiger partial charge < -0.3 is 16.0 Å². The van der Waals surface area contributed by atoms with Gasteiger partial charge in [0, 0.05) is 25.1 Å². The number of amides is 3. The molecular formula is C29H39F2N3O3. The lowest BCUT2D eigenvalue weighted by Crippen LogP contribution is -2.42. The summed E-state index contributed by atoms with van der Waals surface area (Å²) in [5, 5.41) is 2.82. The van der Waals surface area contributed by atoms with Gasteiger partial charge in [-0.25, -0.2) is 8.78 Å². The van der Waals surface area contributed by atoms with Crippen molar-refractivity contribution in [2.45, 2.75) is 65.3 Å². The standard InChI is InChI=1S/C16H22N2O2.C13H17F2NO/c1-11-7-5-6-10-13(11)16(20)18-14(15(17)19)12-8-3-2-4-9-12;1-3-7-16(8-4-2)13(17)11-6-5-10(14)9-12(11)15/h2-4,8-9,11,13-14H,5-7,10H2,1H3,(H2,17,19)(H,18,20);5-6,9H,3-4,7-8H2,1-2H3/t11?,13-,14?;/m1./s1. The van der Waals surface area contributed by atoms with E-state index in [2.05, 4.69) is 12.2 Å². The Balaban J connectivity index is 0.000000264. The first-order chi connectivity index (χ1) is 17.7. The van der Waals surface area contributed by atoms with Crippen molar-refractivity contribution in [3.05, 3.63) is 71.3 Å². The van der Waals surface area contributed by atoms with Crippen LogP contribution >= 0.6 is 0 Å². The number of nitrogens with one attached hydrogen (secondary N) is 1. The molecule has 0 bridgehead atoms. The fourth-order valence-electron chi connectivity index (χ4n) is 4.61. The molecule has 0 aromatic heterocycles. The molecule has 0 radical (unpaired) electrons. The number of nitrogens with two attached hydrogens (primary N) is 1. The normalized spacial score (nSPS) is 17.6. The van der Waals surface area contributed by atoms with Gasteiger partial charge in [-0.05, 0) is 49.3 Å². The zero-order valence-corrected chi connectivity index (χ0v) is 22.0. The monoisotopic (exact) mass is 515 g/mol. The van der Waals surface area contributed by atoms with E-state index in [-0.39, 0.29) is 23.3 Å². The van der Waals surface area contributed by atoms with E-state index in [0.717, 1.165) is 49.8 Å². The van der Waals surface area contributed by atoms with Gasteiger partial charge in [-0.1, -0.05) is 63.9 Å². The van der Waals surface area contributed by atoms with Gasteiger partial charge in [0.15, 0.2) is 0 Å². The highest BCUT2D eigenvalue weighted by Gasteiger charge is 2.30. The summed E-state index contributed by atoms with van der Waals surface area (Å²) in [5.41, 5.74) is 6.10. The second kappa shape index (κ2) is 15.1. The highest BCUT2D eigenvalue weighted by Crippen LogP contribution is 2.30. The molecule has 3 rings (SSSR count). The molecule has 1 aliphatic carbocycles. The molecule has 0 aliphatic heterocycles. The molecule has 3 N–H and O–H groups in total. The lowest BCUT2D eigenvalue weighted by Gasteiger charge is -2.29. The third kappa shape index (κ3) is 8.95. The summed E-state index contributed by atoms with van der Waals surface area (Å²) in [5.74, 6) is -2.05. The molecule has 1 saturated carbocycles. The van der Waals surface area contributed by atoms with E-state index < -0.39 is 23.6 Å². The van der Waals surface area contributed by atoms with Gasteiger partial charge in [-0.3, -0.25) is 14.4 Å². The second-order valence-electron chi connectivity index (χ2n) is 9.54. The lowest BCUT2D eigenvalue weighted by atomic mass is 9.80. The molecule has 3 atom stereocenters. The van der Waals surface area contributed by atoms with Crippen LogP contribution in [-0.4, -0.2) is 35.7 Å². The largest absolute Gasteiger partial charge is 0.368 e. The second-order valence-corrected chi connectivity index (χ2v) is 9.54. The topological polar surface area (TPSA) is 92.5 Å². The van der Waals surface area contributed by atoms with Gasteiger partial charge in [0.25, 0.3) is 5.91 Å². The molecule has 202 valence electrons. The van der Waals surface area contributed by atoms with E-state index in [9.17, 15) is 23.2 Å². The Morgan fingerprint density at radius 2 is 1.62 bits per heavy atom. The maximum absolute atomic E-state index is 13.5. The van der Waals surface area contributed by atoms with Crippen LogP contribution in [0.3, 0.4) is 0 Å². The Hall–Kier alpha value is -3.29. The molecule has 1 aliphatic rings. The van der Waals surface area contributed by atoms with E-state index in [4.69, 9.17) is 5.73 Å². The number of hydrogen-bond donors (Lipinski definition) is 2. The van der Waals surface area contributed by atoms with Crippen molar-refractivity contribution in [2.75, 3.05) is 13.1 Å². The lowest BCUT2D eigenvalue weighted by molar-refractivity contribution is -0.132. The first kappa shape index (κ1) is 29.9. The number of hydrogen-bond acceptors (Lipinski definition) is 3. The maximum Gasteiger partial charge on any atom is 0.256 e. The summed E-state index contributed by atoms with van der Waals surface area (Å²) < 4.78 is 26.2. The summed E-state index contributed by atoms with van der Waals surface area (Å²) in [4.78, 5) is 37.6. The van der Waals surface area contributed by atoms with Crippen LogP contribution in [0, 0.1) is 23.5 Å². The third-order valence-corrected chi connectivity index (χ3v) is 6.59. The van der Waals surface area contributed by atoms with E-state index in [1.54, 1.807) is 17.0 Å². The van der Waals surface area contributed by atoms with Gasteiger partial charge in [-0.2, -0.15) is 0 Å². The van der Waals surface area contributed by atoms with Crippen molar-refractivity contribution in [1.29, 1.82) is 0 Å². The highest BCUT2D eigenvalue weighted by molar-refractivity contribution is 5.94. The Morgan fingerprint density at radius 3 is 2.16 bits per heavy atom. The first-order valence-electron chi connectivity index (χ1n) is 13.1. The third-order valence-electron chi connectivity index (χ3n) is 6.59. The highest BCUT2D eigenvalue weighted by atomic mass is 19.1. The van der Waals surface area contributed by atoms with Crippen LogP contribution in [0.15, 0.2) is 48.5 Å². The van der Waals surface area contributed by atoms with Crippen LogP contribution in [0.25, 0.3) is 0 Å². The van der Waals surface area contributed by atoms with Crippen molar-refractivity contribution in [1.82, 2.24) is 10.2 Å². The summed E-state index contributed by atoms with van der Waals surface area (Å²) in [7, 11) is 0. The molecule has 3 amide bonds. The molecular weight excluding hydrogens is 476 g/mol. The van der Waals surface area contributed by atoms with Crippen LogP contribution in [0.2, 0.25) is 0 Å². The zero-order valence-electron chi connectivity index (χ0n) is 22.0. The van der Waals surface area contributed by atoms with Crippen molar-refractivity contribution in [3.8, 4) is 0 Å². The Morgan fingerprint density at radius 1 is 1.00 bits per heavy atom. The summed E-state index contributed by atoms with van der Waals surface area (Å²) in [6.45, 7) is 7.19. The number of primary amides is 1. The van der Waals surface area contributed by atoms with Crippen molar-refractivity contribution in [2.24, 2.45) is 17.6 Å². The molecule has 0 saturated heterocycles. The number of nitrogens with zero attached hydrogens (tertiary/aromatic N) is 1. The molecule has 0 heterocycles. The van der Waals surface area contributed by atoms with Gasteiger partial charge in [0.2, 0.25) is 11.8 Å². The molecule has 2 unspecified atom stereocenters. The molecule has 0 spiro atoms. The molecule has 1 fully saturated rings. The van der Waals surface area contributed by atoms with Crippen molar-refractivity contribution in [3.63, 3.8) is 0 Å². The number of benzene rings is 2. The zero-order chi connectivity index (χ0) is 27.4. The van der Waals surface area contributed by atoms with Crippen LogP contribution < -0.4 is 11.1 Å². The van der Waals surface area contributed by atoms with Crippen molar-refractivity contribution < 1.29 is 23.2 Å². The minimum atomic E-state index is -0.799. The fraction of sp³-hybridized carbons (Fsp3) is 0.483. The summed E-state index contributed by atoms with van der Waals surface area (Å²) >= 11 is 0. The smallest absolute Gasteiger partial charge is 0.256 e. The quantitative estimate of drug-likeness (QED) is 0.469. The number of rotatable bonds is 9. The summed E-state index contributed by atoms with van der Waals surface area (Å²) in [6, 6.07) is 11.5. The fourth-order valence-corrected chi connectivity index (χ4v) is 4.61. The average Bonchev–Trinajstić information content (AvgIpc) is 2.87. The van der Waals surface area contributed by atoms with Gasteiger partial charge in [-0.15, -0.1) is 0 Å². The van der Waals surface area contributed by atoms with E-state index >= 15 is 0 Å². The van der Waals surface area contributed by atoms with E-state index in [1.807, 2.05) is 32.0 Å². The number of halogens is 2. The van der Waals surface area contributed by atoms with Crippen LogP contribution in [0.1, 0.15) is 81.3 Å². The van der Waals surface area contributed by atoms with Crippen LogP contribution in [0.4, 0.5) is 8.78 Å². The van der Waals surface area contributed by atoms with E-state index in [0.29, 0.717) is 19.0 Å². The van der Waals surface area contributed by atoms with Gasteiger partial charge in [0.1, 0.15) is 17.7 Å². The molecule has 8 heteroatoms. The number of carbonyl (C=O) groups excluding carboxylic acids is 3. The maximum atomic E-state index is 13.5. The van der Waals surface area contributed by atoms with Crippen LogP contribution in [-0.2, 0) is 9.59 Å². The Labute approximate surface area is 218 Å². The predicted octanol–water partition coefficient (Wildman–Crippen LogP) is 5.38. The first-order valence-corrected chi connectivity index (χ1v) is 13.1. The van der Waals surface area contributed by atoms with Gasteiger partial charge in [0.05, 0.1) is 5.56 Å². The SMILES string of the molecule is CC1CCCC[C@H]1C(=O)NC(C(N)=O)c1ccccc1.CCCN(CCC)C(=O)c1ccc(F)cc1F. The van der Waals surface area contributed by atoms with Crippen molar-refractivity contribution >= 4 is 17.7 Å². The average molecular weight is 516 g/mol.